The average Bonchev–Trinajstić information content (AvgIpc) is 3.11. The molecule has 2 aromatic rings. The van der Waals surface area contributed by atoms with Crippen LogP contribution >= 0.6 is 11.3 Å². The van der Waals surface area contributed by atoms with Crippen LogP contribution in [-0.4, -0.2) is 46.1 Å². The van der Waals surface area contributed by atoms with E-state index in [0.29, 0.717) is 0 Å². The topological polar surface area (TPSA) is 72.9 Å². The fourth-order valence-corrected chi connectivity index (χ4v) is 4.35. The predicted octanol–water partition coefficient (Wildman–Crippen LogP) is 2.37. The molecule has 0 amide bonds. The molecule has 0 aliphatic heterocycles. The van der Waals surface area contributed by atoms with Gasteiger partial charge in [-0.3, -0.25) is 0 Å². The number of thiophene rings is 1. The number of ether oxygens (including phenoxy) is 2. The quantitative estimate of drug-likeness (QED) is 0.668. The van der Waals surface area contributed by atoms with Crippen LogP contribution in [0.4, 0.5) is 0 Å². The van der Waals surface area contributed by atoms with Gasteiger partial charge in [-0.25, -0.2) is 13.2 Å². The molecular formula is C16H19NO5S2. The van der Waals surface area contributed by atoms with E-state index in [0.717, 1.165) is 4.88 Å². The van der Waals surface area contributed by atoms with Crippen LogP contribution < -0.4 is 0 Å². The summed E-state index contributed by atoms with van der Waals surface area (Å²) in [5.74, 6) is -0.575. The van der Waals surface area contributed by atoms with Gasteiger partial charge in [0.25, 0.3) is 0 Å². The second-order valence-electron chi connectivity index (χ2n) is 4.93. The molecule has 1 aromatic carbocycles. The molecule has 0 unspecified atom stereocenters. The second kappa shape index (κ2) is 8.39. The fourth-order valence-electron chi connectivity index (χ4n) is 2.10. The number of carbonyl (C=O) groups is 1. The lowest BCUT2D eigenvalue weighted by atomic mass is 10.2. The van der Waals surface area contributed by atoms with E-state index < -0.39 is 16.0 Å². The van der Waals surface area contributed by atoms with Crippen molar-refractivity contribution >= 4 is 27.3 Å². The van der Waals surface area contributed by atoms with Gasteiger partial charge in [0.05, 0.1) is 24.2 Å². The maximum atomic E-state index is 13.0. The lowest BCUT2D eigenvalue weighted by Gasteiger charge is -2.21. The third kappa shape index (κ3) is 4.41. The molecule has 0 bridgehead atoms. The molecule has 24 heavy (non-hydrogen) atoms. The zero-order valence-electron chi connectivity index (χ0n) is 13.5. The first-order chi connectivity index (χ1) is 11.5. The summed E-state index contributed by atoms with van der Waals surface area (Å²) in [5, 5.41) is 1.90. The number of rotatable bonds is 8. The van der Waals surface area contributed by atoms with E-state index in [9.17, 15) is 13.2 Å². The highest BCUT2D eigenvalue weighted by molar-refractivity contribution is 7.89. The van der Waals surface area contributed by atoms with Crippen LogP contribution in [0.25, 0.3) is 0 Å². The second-order valence-corrected chi connectivity index (χ2v) is 7.90. The van der Waals surface area contributed by atoms with Gasteiger partial charge in [-0.05, 0) is 29.6 Å². The zero-order chi connectivity index (χ0) is 17.6. The standard InChI is InChI=1S/C16H19NO5S2/c1-21-9-8-17(12-14-6-4-10-23-14)24(19,20)15-7-3-5-13(11-15)16(18)22-2/h3-7,10-11H,8-9,12H2,1-2H3. The smallest absolute Gasteiger partial charge is 0.337 e. The van der Waals surface area contributed by atoms with E-state index in [1.54, 1.807) is 0 Å². The minimum Gasteiger partial charge on any atom is -0.465 e. The van der Waals surface area contributed by atoms with Crippen LogP contribution in [0.1, 0.15) is 15.2 Å². The number of carbonyl (C=O) groups excluding carboxylic acids is 1. The minimum atomic E-state index is -3.76. The maximum Gasteiger partial charge on any atom is 0.337 e. The molecule has 0 radical (unpaired) electrons. The van der Waals surface area contributed by atoms with Crippen molar-refractivity contribution in [3.63, 3.8) is 0 Å². The summed E-state index contributed by atoms with van der Waals surface area (Å²) in [5.41, 5.74) is 0.196. The Balaban J connectivity index is 2.34. The van der Waals surface area contributed by atoms with Crippen LogP contribution in [0, 0.1) is 0 Å². The Kier molecular flexibility index (Phi) is 6.50. The predicted molar refractivity (Wildman–Crippen MR) is 91.6 cm³/mol. The third-order valence-corrected chi connectivity index (χ3v) is 6.05. The number of hydrogen-bond acceptors (Lipinski definition) is 6. The molecule has 1 heterocycles. The van der Waals surface area contributed by atoms with Gasteiger partial charge in [0.1, 0.15) is 0 Å². The lowest BCUT2D eigenvalue weighted by Crippen LogP contribution is -2.33. The SMILES string of the molecule is COCCN(Cc1cccs1)S(=O)(=O)c1cccc(C(=O)OC)c1. The molecule has 0 saturated heterocycles. The number of esters is 1. The molecule has 0 spiro atoms. The van der Waals surface area contributed by atoms with E-state index in [-0.39, 0.29) is 30.2 Å². The summed E-state index contributed by atoms with van der Waals surface area (Å²) in [6.07, 6.45) is 0. The van der Waals surface area contributed by atoms with Crippen molar-refractivity contribution in [2.24, 2.45) is 0 Å². The number of sulfonamides is 1. The highest BCUT2D eigenvalue weighted by Crippen LogP contribution is 2.21. The molecule has 6 nitrogen and oxygen atoms in total. The molecule has 0 aliphatic carbocycles. The Morgan fingerprint density at radius 3 is 2.62 bits per heavy atom. The fraction of sp³-hybridized carbons (Fsp3) is 0.312. The van der Waals surface area contributed by atoms with Gasteiger partial charge in [0.2, 0.25) is 10.0 Å². The molecule has 0 fully saturated rings. The van der Waals surface area contributed by atoms with Crippen LogP contribution in [0.5, 0.6) is 0 Å². The normalized spacial score (nSPS) is 11.6. The Morgan fingerprint density at radius 1 is 1.21 bits per heavy atom. The van der Waals surface area contributed by atoms with Crippen LogP contribution in [0.3, 0.4) is 0 Å². The molecule has 0 atom stereocenters. The van der Waals surface area contributed by atoms with Crippen LogP contribution in [-0.2, 0) is 26.0 Å². The summed E-state index contributed by atoms with van der Waals surface area (Å²) in [7, 11) is -0.985. The Morgan fingerprint density at radius 2 is 2.00 bits per heavy atom. The molecular weight excluding hydrogens is 350 g/mol. The van der Waals surface area contributed by atoms with Crippen molar-refractivity contribution in [2.75, 3.05) is 27.4 Å². The molecule has 0 aliphatic rings. The molecule has 130 valence electrons. The molecule has 8 heteroatoms. The van der Waals surface area contributed by atoms with Crippen LogP contribution in [0.15, 0.2) is 46.7 Å². The summed E-state index contributed by atoms with van der Waals surface area (Å²) < 4.78 is 36.9. The summed E-state index contributed by atoms with van der Waals surface area (Å²) in [6, 6.07) is 9.59. The summed E-state index contributed by atoms with van der Waals surface area (Å²) >= 11 is 1.49. The van der Waals surface area contributed by atoms with Gasteiger partial charge in [0.15, 0.2) is 0 Å². The summed E-state index contributed by atoms with van der Waals surface area (Å²) in [4.78, 5) is 12.6. The van der Waals surface area contributed by atoms with Gasteiger partial charge in [-0.1, -0.05) is 12.1 Å². The van der Waals surface area contributed by atoms with E-state index >= 15 is 0 Å². The first kappa shape index (κ1) is 18.6. The largest absolute Gasteiger partial charge is 0.465 e. The average molecular weight is 369 g/mol. The number of nitrogens with zero attached hydrogens (tertiary/aromatic N) is 1. The van der Waals surface area contributed by atoms with Crippen molar-refractivity contribution in [3.8, 4) is 0 Å². The van der Waals surface area contributed by atoms with Gasteiger partial charge in [-0.2, -0.15) is 4.31 Å². The molecule has 0 saturated carbocycles. The lowest BCUT2D eigenvalue weighted by molar-refractivity contribution is 0.0600. The van der Waals surface area contributed by atoms with Gasteiger partial charge in [-0.15, -0.1) is 11.3 Å². The first-order valence-corrected chi connectivity index (χ1v) is 9.51. The Bertz CT molecular complexity index is 772. The van der Waals surface area contributed by atoms with Crippen molar-refractivity contribution in [1.29, 1.82) is 0 Å². The van der Waals surface area contributed by atoms with E-state index in [1.165, 1.54) is 54.1 Å². The van der Waals surface area contributed by atoms with E-state index in [4.69, 9.17) is 4.74 Å². The number of hydrogen-bond donors (Lipinski definition) is 0. The zero-order valence-corrected chi connectivity index (χ0v) is 15.1. The minimum absolute atomic E-state index is 0.0538. The maximum absolute atomic E-state index is 13.0. The number of methoxy groups -OCH3 is 2. The van der Waals surface area contributed by atoms with Crippen LogP contribution in [0.2, 0.25) is 0 Å². The third-order valence-electron chi connectivity index (χ3n) is 3.35. The highest BCUT2D eigenvalue weighted by atomic mass is 32.2. The highest BCUT2D eigenvalue weighted by Gasteiger charge is 2.25. The van der Waals surface area contributed by atoms with E-state index in [1.807, 2.05) is 17.5 Å². The monoisotopic (exact) mass is 369 g/mol. The number of benzene rings is 1. The van der Waals surface area contributed by atoms with Gasteiger partial charge in [0, 0.05) is 25.1 Å². The Labute approximate surface area is 145 Å². The Hall–Kier alpha value is -1.74. The molecule has 1 aromatic heterocycles. The molecule has 2 rings (SSSR count). The van der Waals surface area contributed by atoms with Crippen molar-refractivity contribution < 1.29 is 22.7 Å². The van der Waals surface area contributed by atoms with E-state index in [2.05, 4.69) is 4.74 Å². The molecule has 0 N–H and O–H groups in total. The first-order valence-electron chi connectivity index (χ1n) is 7.19. The van der Waals surface area contributed by atoms with Crippen molar-refractivity contribution in [3.05, 3.63) is 52.2 Å². The summed E-state index contributed by atoms with van der Waals surface area (Å²) in [6.45, 7) is 0.756. The van der Waals surface area contributed by atoms with Gasteiger partial charge >= 0.3 is 5.97 Å². The van der Waals surface area contributed by atoms with Gasteiger partial charge < -0.3 is 9.47 Å². The van der Waals surface area contributed by atoms with Crippen molar-refractivity contribution in [1.82, 2.24) is 4.31 Å². The van der Waals surface area contributed by atoms with Crippen molar-refractivity contribution in [2.45, 2.75) is 11.4 Å².